The molecule has 0 radical (unpaired) electrons. The molecule has 0 aliphatic carbocycles. The Kier molecular flexibility index (Phi) is 8.89. The van der Waals surface area contributed by atoms with E-state index in [2.05, 4.69) is 221 Å². The van der Waals surface area contributed by atoms with E-state index in [1.54, 1.807) is 0 Å². The van der Waals surface area contributed by atoms with E-state index in [0.717, 1.165) is 39.0 Å². The van der Waals surface area contributed by atoms with Crippen molar-refractivity contribution in [3.05, 3.63) is 249 Å². The Hall–Kier alpha value is -9.71. The lowest BCUT2D eigenvalue weighted by Gasteiger charge is -2.15. The van der Waals surface area contributed by atoms with Crippen molar-refractivity contribution in [1.29, 1.82) is 0 Å². The van der Waals surface area contributed by atoms with Crippen LogP contribution in [0.25, 0.3) is 143 Å². The van der Waals surface area contributed by atoms with E-state index >= 15 is 0 Å². The maximum Gasteiger partial charge on any atom is 0.164 e. The third-order valence-electron chi connectivity index (χ3n) is 14.7. The van der Waals surface area contributed by atoms with Crippen molar-refractivity contribution in [2.75, 3.05) is 0 Å². The molecule has 0 bridgehead atoms. The van der Waals surface area contributed by atoms with Gasteiger partial charge >= 0.3 is 0 Å². The highest BCUT2D eigenvalue weighted by atomic mass is 15.0. The van der Waals surface area contributed by atoms with Crippen LogP contribution in [-0.2, 0) is 0 Å². The van der Waals surface area contributed by atoms with Gasteiger partial charge in [0.25, 0.3) is 0 Å². The Morgan fingerprint density at radius 1 is 0.222 bits per heavy atom. The number of hydrogen-bond acceptors (Lipinski definition) is 3. The van der Waals surface area contributed by atoms with Crippen LogP contribution in [0.4, 0.5) is 0 Å². The molecule has 5 heteroatoms. The van der Waals surface area contributed by atoms with Gasteiger partial charge in [-0.05, 0) is 121 Å². The van der Waals surface area contributed by atoms with Gasteiger partial charge in [-0.2, -0.15) is 0 Å². The maximum atomic E-state index is 5.10. The van der Waals surface area contributed by atoms with Crippen molar-refractivity contribution in [1.82, 2.24) is 24.1 Å². The Morgan fingerprint density at radius 2 is 0.667 bits per heavy atom. The van der Waals surface area contributed by atoms with Crippen LogP contribution in [0.3, 0.4) is 0 Å². The van der Waals surface area contributed by atoms with Crippen LogP contribution in [0.1, 0.15) is 0 Å². The van der Waals surface area contributed by atoms with Crippen molar-refractivity contribution < 1.29 is 0 Å². The first-order valence-corrected chi connectivity index (χ1v) is 24.5. The summed E-state index contributed by atoms with van der Waals surface area (Å²) in [5.41, 5.74) is 12.2. The van der Waals surface area contributed by atoms with Crippen LogP contribution < -0.4 is 0 Å². The van der Waals surface area contributed by atoms with Crippen LogP contribution in [0.2, 0.25) is 0 Å². The molecule has 0 unspecified atom stereocenters. The van der Waals surface area contributed by atoms with Crippen LogP contribution >= 0.6 is 0 Å². The summed E-state index contributed by atoms with van der Waals surface area (Å²) in [4.78, 5) is 15.2. The average molecular weight is 916 g/mol. The number of aromatic nitrogens is 5. The highest BCUT2D eigenvalue weighted by Gasteiger charge is 2.20. The first-order valence-electron chi connectivity index (χ1n) is 24.5. The molecule has 0 amide bonds. The molecule has 15 aromatic rings. The smallest absolute Gasteiger partial charge is 0.164 e. The normalized spacial score (nSPS) is 11.9. The van der Waals surface area contributed by atoms with E-state index in [1.807, 2.05) is 36.4 Å². The topological polar surface area (TPSA) is 48.5 Å². The van der Waals surface area contributed by atoms with Crippen molar-refractivity contribution in [2.45, 2.75) is 0 Å². The molecular formula is C67H41N5. The number of hydrogen-bond donors (Lipinski definition) is 0. The molecule has 0 atom stereocenters. The predicted molar refractivity (Wildman–Crippen MR) is 300 cm³/mol. The molecule has 0 aliphatic heterocycles. The van der Waals surface area contributed by atoms with Crippen molar-refractivity contribution in [3.63, 3.8) is 0 Å². The third-order valence-corrected chi connectivity index (χ3v) is 14.7. The minimum atomic E-state index is 0.638. The summed E-state index contributed by atoms with van der Waals surface area (Å²) < 4.78 is 4.85. The fourth-order valence-corrected chi connectivity index (χ4v) is 11.4. The van der Waals surface area contributed by atoms with Crippen molar-refractivity contribution >= 4 is 86.7 Å². The molecule has 0 saturated heterocycles. The van der Waals surface area contributed by atoms with E-state index in [0.29, 0.717) is 17.5 Å². The molecule has 3 heterocycles. The summed E-state index contributed by atoms with van der Waals surface area (Å²) in [6.45, 7) is 0. The molecule has 3 aromatic heterocycles. The zero-order valence-electron chi connectivity index (χ0n) is 38.9. The lowest BCUT2D eigenvalue weighted by molar-refractivity contribution is 1.07. The molecule has 0 aliphatic rings. The Morgan fingerprint density at radius 3 is 1.38 bits per heavy atom. The van der Waals surface area contributed by atoms with Gasteiger partial charge in [0.1, 0.15) is 0 Å². The molecule has 0 spiro atoms. The molecule has 72 heavy (non-hydrogen) atoms. The molecule has 0 N–H and O–H groups in total. The maximum absolute atomic E-state index is 5.10. The second-order valence-corrected chi connectivity index (χ2v) is 18.7. The van der Waals surface area contributed by atoms with Gasteiger partial charge < -0.3 is 9.13 Å². The number of rotatable bonds is 6. The zero-order chi connectivity index (χ0) is 47.3. The van der Waals surface area contributed by atoms with Gasteiger partial charge in [0.15, 0.2) is 17.5 Å². The van der Waals surface area contributed by atoms with Gasteiger partial charge in [0.2, 0.25) is 0 Å². The molecular weight excluding hydrogens is 875 g/mol. The average Bonchev–Trinajstić information content (AvgIpc) is 3.98. The van der Waals surface area contributed by atoms with Gasteiger partial charge in [-0.3, -0.25) is 0 Å². The Balaban J connectivity index is 0.895. The highest BCUT2D eigenvalue weighted by molar-refractivity contribution is 6.26. The number of benzene rings is 12. The van der Waals surface area contributed by atoms with Crippen molar-refractivity contribution in [2.24, 2.45) is 0 Å². The van der Waals surface area contributed by atoms with Crippen LogP contribution in [0, 0.1) is 0 Å². The van der Waals surface area contributed by atoms with E-state index in [4.69, 9.17) is 15.0 Å². The molecule has 15 rings (SSSR count). The van der Waals surface area contributed by atoms with E-state index < -0.39 is 0 Å². The zero-order valence-corrected chi connectivity index (χ0v) is 38.9. The lowest BCUT2D eigenvalue weighted by atomic mass is 9.93. The SMILES string of the molecule is c1ccc(-c2nc(-c3ccccc3)nc(-c3ccc4c5ccccc5c5cc(-n6c7ccccc7c7cc(-c8ccc9c(c8)c8c%10ccccc%10ccc8n9-c8ccccc8)ccc76)ccc5c4c3)n2)cc1. The van der Waals surface area contributed by atoms with Crippen LogP contribution in [0.15, 0.2) is 249 Å². The molecule has 0 fully saturated rings. The number of fused-ring (bicyclic) bond motifs is 14. The first-order chi connectivity index (χ1) is 35.7. The highest BCUT2D eigenvalue weighted by Crippen LogP contribution is 2.43. The predicted octanol–water partition coefficient (Wildman–Crippen LogP) is 17.3. The quantitative estimate of drug-likeness (QED) is 0.156. The standard InChI is InChI=1S/C67H41N5/c1-4-17-43(18-5-1)65-68-66(44-19-6-2-7-20-44)70-67(69-65)47-28-33-53-51-24-12-13-25-52(51)57-41-49(32-34-54(57)56(53)40-47)72-60-27-15-14-26-55(60)58-38-45(30-35-61(58)72)46-31-36-62-59(39-46)64-50-23-11-10-16-42(50)29-37-63(64)71(62)48-21-8-3-9-22-48/h1-41H. The molecule has 334 valence electrons. The summed E-state index contributed by atoms with van der Waals surface area (Å²) in [7, 11) is 0. The monoisotopic (exact) mass is 915 g/mol. The Bertz CT molecular complexity index is 4610. The van der Waals surface area contributed by atoms with Crippen LogP contribution in [-0.4, -0.2) is 24.1 Å². The largest absolute Gasteiger partial charge is 0.309 e. The van der Waals surface area contributed by atoms with Gasteiger partial charge in [-0.15, -0.1) is 0 Å². The molecule has 12 aromatic carbocycles. The van der Waals surface area contributed by atoms with E-state index in [9.17, 15) is 0 Å². The summed E-state index contributed by atoms with van der Waals surface area (Å²) in [5, 5.41) is 14.6. The fourth-order valence-electron chi connectivity index (χ4n) is 11.4. The Labute approximate surface area is 414 Å². The second kappa shape index (κ2) is 15.9. The summed E-state index contributed by atoms with van der Waals surface area (Å²) in [6, 6.07) is 89.6. The van der Waals surface area contributed by atoms with E-state index in [1.165, 1.54) is 86.9 Å². The molecule has 0 saturated carbocycles. The fraction of sp³-hybridized carbons (Fsp3) is 0. The van der Waals surface area contributed by atoms with Gasteiger partial charge in [0.05, 0.1) is 22.1 Å². The minimum absolute atomic E-state index is 0.638. The number of para-hydroxylation sites is 2. The first kappa shape index (κ1) is 40.2. The lowest BCUT2D eigenvalue weighted by Crippen LogP contribution is -2.00. The minimum Gasteiger partial charge on any atom is -0.309 e. The second-order valence-electron chi connectivity index (χ2n) is 18.7. The van der Waals surface area contributed by atoms with Crippen molar-refractivity contribution in [3.8, 4) is 56.7 Å². The molecule has 5 nitrogen and oxygen atoms in total. The van der Waals surface area contributed by atoms with Gasteiger partial charge in [0, 0.05) is 49.6 Å². The summed E-state index contributed by atoms with van der Waals surface area (Å²) in [5.74, 6) is 1.93. The third kappa shape index (κ3) is 6.24. The van der Waals surface area contributed by atoms with Gasteiger partial charge in [-0.1, -0.05) is 182 Å². The van der Waals surface area contributed by atoms with Crippen LogP contribution in [0.5, 0.6) is 0 Å². The summed E-state index contributed by atoms with van der Waals surface area (Å²) >= 11 is 0. The van der Waals surface area contributed by atoms with Gasteiger partial charge in [-0.25, -0.2) is 15.0 Å². The van der Waals surface area contributed by atoms with E-state index in [-0.39, 0.29) is 0 Å². The number of nitrogens with zero attached hydrogens (tertiary/aromatic N) is 5. The summed E-state index contributed by atoms with van der Waals surface area (Å²) in [6.07, 6.45) is 0.